The maximum Gasteiger partial charge on any atom is 0.227 e. The van der Waals surface area contributed by atoms with Gasteiger partial charge in [-0.05, 0) is 94.4 Å². The highest BCUT2D eigenvalue weighted by atomic mass is 16.3. The Labute approximate surface area is 286 Å². The van der Waals surface area contributed by atoms with E-state index in [0.717, 1.165) is 33.5 Å². The number of para-hydroxylation sites is 3. The zero-order valence-corrected chi connectivity index (χ0v) is 27.9. The number of hydrogen-bond donors (Lipinski definition) is 0. The highest BCUT2D eigenvalue weighted by Crippen LogP contribution is 2.41. The van der Waals surface area contributed by atoms with Crippen LogP contribution in [0.15, 0.2) is 168 Å². The second-order valence-electron chi connectivity index (χ2n) is 12.0. The van der Waals surface area contributed by atoms with Gasteiger partial charge in [0.1, 0.15) is 5.52 Å². The molecule has 0 saturated carbocycles. The van der Waals surface area contributed by atoms with E-state index in [2.05, 4.69) is 163 Å². The molecule has 236 valence electrons. The molecule has 2 aromatic heterocycles. The molecule has 0 saturated heterocycles. The van der Waals surface area contributed by atoms with Crippen molar-refractivity contribution in [3.05, 3.63) is 169 Å². The van der Waals surface area contributed by atoms with E-state index in [4.69, 9.17) is 9.40 Å². The predicted octanol–water partition coefficient (Wildman–Crippen LogP) is 12.9. The second-order valence-corrected chi connectivity index (χ2v) is 12.0. The van der Waals surface area contributed by atoms with Crippen molar-refractivity contribution in [2.45, 2.75) is 20.8 Å². The summed E-state index contributed by atoms with van der Waals surface area (Å²) in [5, 5.41) is 2.50. The monoisotopic (exact) mass is 632 g/mol. The summed E-state index contributed by atoms with van der Waals surface area (Å²) in [5.74, 6) is 0.642. The Hall–Kier alpha value is -6.19. The molecular weight excluding hydrogens is 597 g/mol. The van der Waals surface area contributed by atoms with Crippen molar-refractivity contribution in [3.63, 3.8) is 0 Å². The maximum absolute atomic E-state index is 6.16. The van der Waals surface area contributed by atoms with E-state index in [1.165, 1.54) is 49.6 Å². The largest absolute Gasteiger partial charge is 0.436 e. The first kappa shape index (κ1) is 30.2. The van der Waals surface area contributed by atoms with Gasteiger partial charge in [-0.1, -0.05) is 129 Å². The SMILES string of the molecule is CC.Cc1cccc2nc(-c3ccc(-c4ccccc4-c4ccccc4-c4ccc5c(c4)c4ccccc4n5-c4ccccc4)cc3)oc12. The number of hydrogen-bond acceptors (Lipinski definition) is 2. The van der Waals surface area contributed by atoms with E-state index < -0.39 is 0 Å². The van der Waals surface area contributed by atoms with Crippen LogP contribution in [0, 0.1) is 6.92 Å². The van der Waals surface area contributed by atoms with Crippen molar-refractivity contribution >= 4 is 32.9 Å². The van der Waals surface area contributed by atoms with Gasteiger partial charge in [0, 0.05) is 22.0 Å². The van der Waals surface area contributed by atoms with Gasteiger partial charge in [0.2, 0.25) is 5.89 Å². The molecule has 0 atom stereocenters. The summed E-state index contributed by atoms with van der Waals surface area (Å²) in [6, 6.07) is 58.2. The van der Waals surface area contributed by atoms with Gasteiger partial charge >= 0.3 is 0 Å². The van der Waals surface area contributed by atoms with E-state index in [1.807, 2.05) is 26.0 Å². The van der Waals surface area contributed by atoms with Crippen LogP contribution in [0.5, 0.6) is 0 Å². The van der Waals surface area contributed by atoms with Crippen molar-refractivity contribution in [2.75, 3.05) is 0 Å². The molecular formula is C46H36N2O. The minimum atomic E-state index is 0.642. The van der Waals surface area contributed by atoms with Gasteiger partial charge < -0.3 is 8.98 Å². The summed E-state index contributed by atoms with van der Waals surface area (Å²) in [7, 11) is 0. The van der Waals surface area contributed by atoms with E-state index in [9.17, 15) is 0 Å². The molecule has 0 N–H and O–H groups in total. The highest BCUT2D eigenvalue weighted by Gasteiger charge is 2.17. The van der Waals surface area contributed by atoms with Crippen LogP contribution in [0.25, 0.3) is 83.4 Å². The molecule has 7 aromatic carbocycles. The Bertz CT molecular complexity index is 2570. The van der Waals surface area contributed by atoms with Gasteiger partial charge in [0.15, 0.2) is 5.58 Å². The van der Waals surface area contributed by atoms with Gasteiger partial charge in [0.05, 0.1) is 11.0 Å². The lowest BCUT2D eigenvalue weighted by atomic mass is 9.89. The van der Waals surface area contributed by atoms with Crippen LogP contribution in [0.3, 0.4) is 0 Å². The smallest absolute Gasteiger partial charge is 0.227 e. The Morgan fingerprint density at radius 1 is 0.469 bits per heavy atom. The quantitative estimate of drug-likeness (QED) is 0.189. The maximum atomic E-state index is 6.16. The van der Waals surface area contributed by atoms with Gasteiger partial charge in [-0.2, -0.15) is 0 Å². The zero-order chi connectivity index (χ0) is 33.3. The molecule has 9 aromatic rings. The first-order valence-corrected chi connectivity index (χ1v) is 17.0. The summed E-state index contributed by atoms with van der Waals surface area (Å²) < 4.78 is 8.52. The van der Waals surface area contributed by atoms with Gasteiger partial charge in [-0.15, -0.1) is 0 Å². The van der Waals surface area contributed by atoms with Crippen LogP contribution in [0.1, 0.15) is 19.4 Å². The first-order valence-electron chi connectivity index (χ1n) is 17.0. The molecule has 3 nitrogen and oxygen atoms in total. The number of benzene rings is 7. The second kappa shape index (κ2) is 12.8. The minimum absolute atomic E-state index is 0.642. The third kappa shape index (κ3) is 5.30. The fraction of sp³-hybridized carbons (Fsp3) is 0.0652. The molecule has 0 unspecified atom stereocenters. The Morgan fingerprint density at radius 2 is 1.04 bits per heavy atom. The molecule has 9 rings (SSSR count). The van der Waals surface area contributed by atoms with E-state index in [0.29, 0.717) is 5.89 Å². The molecule has 0 radical (unpaired) electrons. The normalized spacial score (nSPS) is 11.2. The molecule has 0 aliphatic heterocycles. The predicted molar refractivity (Wildman–Crippen MR) is 206 cm³/mol. The van der Waals surface area contributed by atoms with Crippen LogP contribution in [-0.2, 0) is 0 Å². The zero-order valence-electron chi connectivity index (χ0n) is 27.9. The Kier molecular flexibility index (Phi) is 7.87. The third-order valence-corrected chi connectivity index (χ3v) is 9.20. The van der Waals surface area contributed by atoms with Crippen LogP contribution in [0.2, 0.25) is 0 Å². The van der Waals surface area contributed by atoms with Crippen molar-refractivity contribution in [3.8, 4) is 50.5 Å². The lowest BCUT2D eigenvalue weighted by Gasteiger charge is -2.15. The number of aromatic nitrogens is 2. The van der Waals surface area contributed by atoms with E-state index >= 15 is 0 Å². The summed E-state index contributed by atoms with van der Waals surface area (Å²) in [4.78, 5) is 4.75. The number of aryl methyl sites for hydroxylation is 1. The molecule has 0 fully saturated rings. The van der Waals surface area contributed by atoms with Crippen LogP contribution < -0.4 is 0 Å². The average molecular weight is 633 g/mol. The van der Waals surface area contributed by atoms with E-state index in [-0.39, 0.29) is 0 Å². The molecule has 0 aliphatic carbocycles. The van der Waals surface area contributed by atoms with E-state index in [1.54, 1.807) is 0 Å². The van der Waals surface area contributed by atoms with Crippen molar-refractivity contribution in [1.82, 2.24) is 9.55 Å². The number of nitrogens with zero attached hydrogens (tertiary/aromatic N) is 2. The Morgan fingerprint density at radius 3 is 1.76 bits per heavy atom. The van der Waals surface area contributed by atoms with Gasteiger partial charge in [0.25, 0.3) is 0 Å². The lowest BCUT2D eigenvalue weighted by Crippen LogP contribution is -1.93. The van der Waals surface area contributed by atoms with Crippen LogP contribution >= 0.6 is 0 Å². The topological polar surface area (TPSA) is 31.0 Å². The molecule has 0 spiro atoms. The van der Waals surface area contributed by atoms with Crippen molar-refractivity contribution < 1.29 is 4.42 Å². The third-order valence-electron chi connectivity index (χ3n) is 9.20. The van der Waals surface area contributed by atoms with Gasteiger partial charge in [-0.25, -0.2) is 4.98 Å². The van der Waals surface area contributed by atoms with Gasteiger partial charge in [-0.3, -0.25) is 0 Å². The molecule has 3 heteroatoms. The highest BCUT2D eigenvalue weighted by molar-refractivity contribution is 6.11. The van der Waals surface area contributed by atoms with Crippen LogP contribution in [0.4, 0.5) is 0 Å². The summed E-state index contributed by atoms with van der Waals surface area (Å²) in [5.41, 5.74) is 14.5. The van der Waals surface area contributed by atoms with Crippen molar-refractivity contribution in [2.24, 2.45) is 0 Å². The fourth-order valence-electron chi connectivity index (χ4n) is 6.94. The minimum Gasteiger partial charge on any atom is -0.436 e. The molecule has 0 bridgehead atoms. The molecule has 0 aliphatic rings. The Balaban J connectivity index is 0.00000171. The first-order chi connectivity index (χ1) is 24.2. The number of oxazole rings is 1. The summed E-state index contributed by atoms with van der Waals surface area (Å²) >= 11 is 0. The number of rotatable bonds is 5. The fourth-order valence-corrected chi connectivity index (χ4v) is 6.94. The summed E-state index contributed by atoms with van der Waals surface area (Å²) in [6.45, 7) is 6.05. The molecule has 49 heavy (non-hydrogen) atoms. The summed E-state index contributed by atoms with van der Waals surface area (Å²) in [6.07, 6.45) is 0. The number of fused-ring (bicyclic) bond motifs is 4. The standard InChI is InChI=1S/C44H30N2O.C2H6/c1-29-12-11-20-40-43(29)47-44(45-40)31-24-22-30(23-25-31)34-15-5-7-17-36(34)37-18-8-6-16-35(37)32-26-27-42-39(28-32)38-19-9-10-21-41(38)46(42)33-13-3-2-4-14-33;1-2/h2-28H,1H3;1-2H3. The van der Waals surface area contributed by atoms with Crippen LogP contribution in [-0.4, -0.2) is 9.55 Å². The molecule has 0 amide bonds. The van der Waals surface area contributed by atoms with Crippen molar-refractivity contribution in [1.29, 1.82) is 0 Å². The average Bonchev–Trinajstić information content (AvgIpc) is 3.77. The molecule has 2 heterocycles. The lowest BCUT2D eigenvalue weighted by molar-refractivity contribution is 0.617.